The van der Waals surface area contributed by atoms with Gasteiger partial charge >= 0.3 is 59.1 Å². The van der Waals surface area contributed by atoms with Gasteiger partial charge in [0.15, 0.2) is 17.4 Å². The van der Waals surface area contributed by atoms with Crippen molar-refractivity contribution in [2.24, 2.45) is 0 Å². The maximum absolute atomic E-state index is 11.7. The van der Waals surface area contributed by atoms with E-state index in [1.54, 1.807) is 0 Å². The molecule has 0 saturated carbocycles. The first-order valence-corrected chi connectivity index (χ1v) is 8.04. The number of imidazole rings is 1. The second-order valence-corrected chi connectivity index (χ2v) is 6.22. The van der Waals surface area contributed by atoms with E-state index in [4.69, 9.17) is 10.5 Å². The number of hydrogen-bond donors (Lipinski definition) is 4. The number of nitrogens with zero attached hydrogens (tertiary/aromatic N) is 3. The minimum absolute atomic E-state index is 0. The number of hydrogen-bond acceptors (Lipinski definition) is 11. The number of nitrogen functional groups attached to an aromatic ring is 1. The first kappa shape index (κ1) is 24.2. The van der Waals surface area contributed by atoms with Gasteiger partial charge in [-0.2, -0.15) is 4.98 Å². The van der Waals surface area contributed by atoms with Crippen LogP contribution in [0.5, 0.6) is 0 Å². The Morgan fingerprint density at radius 2 is 2.04 bits per heavy atom. The fraction of sp³-hybridized carbons (Fsp3) is 0.500. The van der Waals surface area contributed by atoms with Crippen molar-refractivity contribution in [1.29, 1.82) is 0 Å². The number of anilines is 1. The number of ether oxygens (including phenoxy) is 1. The minimum Gasteiger partial charge on any atom is -0.790 e. The molecule has 0 spiro atoms. The summed E-state index contributed by atoms with van der Waals surface area (Å²) in [7, 11) is -5.26. The number of aromatic amines is 1. The molecule has 3 rings (SSSR count). The zero-order chi connectivity index (χ0) is 17.6. The number of phosphoric acid groups is 1. The number of nitrogens with two attached hydrogens (primary N) is 1. The van der Waals surface area contributed by atoms with E-state index in [1.165, 1.54) is 0 Å². The number of fused-ring (bicyclic) bond motifs is 1. The Morgan fingerprint density at radius 3 is 2.65 bits per heavy atom. The monoisotopic (exact) mass is 407 g/mol. The van der Waals surface area contributed by atoms with Crippen LogP contribution in [-0.4, -0.2) is 54.7 Å². The SMILES string of the molecule is Nc1nc2c(ncn2[C@@H]2O[C@H](COP(=O)([O-])[O-])C(O)C2O)c(=O)[nH]1.[Na+].[Na+]. The molecule has 1 aliphatic rings. The molecule has 2 aromatic heterocycles. The molecule has 2 aromatic rings. The molecule has 0 aliphatic carbocycles. The molecule has 0 radical (unpaired) electrons. The molecule has 1 fully saturated rings. The van der Waals surface area contributed by atoms with Crippen LogP contribution in [0.25, 0.3) is 11.2 Å². The van der Waals surface area contributed by atoms with Crippen LogP contribution >= 0.6 is 7.82 Å². The molecule has 13 nitrogen and oxygen atoms in total. The van der Waals surface area contributed by atoms with Crippen LogP contribution in [0.15, 0.2) is 11.1 Å². The molecule has 0 aromatic carbocycles. The molecule has 16 heteroatoms. The number of nitrogens with one attached hydrogen (secondary N) is 1. The molecule has 1 aliphatic heterocycles. The van der Waals surface area contributed by atoms with Gasteiger partial charge in [-0.1, -0.05) is 0 Å². The second-order valence-electron chi connectivity index (χ2n) is 5.06. The zero-order valence-corrected chi connectivity index (χ0v) is 18.7. The summed E-state index contributed by atoms with van der Waals surface area (Å²) in [4.78, 5) is 42.7. The number of aliphatic hydroxyl groups is 2. The van der Waals surface area contributed by atoms with E-state index in [-0.39, 0.29) is 76.2 Å². The summed E-state index contributed by atoms with van der Waals surface area (Å²) in [6.45, 7) is -0.776. The molecule has 4 atom stereocenters. The first-order valence-electron chi connectivity index (χ1n) is 6.58. The molecular weight excluding hydrogens is 395 g/mol. The molecule has 2 unspecified atom stereocenters. The van der Waals surface area contributed by atoms with E-state index >= 15 is 0 Å². The van der Waals surface area contributed by atoms with Gasteiger partial charge in [0.25, 0.3) is 5.56 Å². The Labute approximate surface area is 189 Å². The van der Waals surface area contributed by atoms with Crippen molar-refractivity contribution in [2.45, 2.75) is 24.5 Å². The van der Waals surface area contributed by atoms with Gasteiger partial charge in [-0.25, -0.2) is 4.98 Å². The van der Waals surface area contributed by atoms with Crippen LogP contribution in [0.4, 0.5) is 5.95 Å². The number of rotatable bonds is 4. The summed E-state index contributed by atoms with van der Waals surface area (Å²) in [5, 5.41) is 20.0. The van der Waals surface area contributed by atoms with E-state index in [1.807, 2.05) is 0 Å². The molecule has 0 amide bonds. The molecule has 5 N–H and O–H groups in total. The summed E-state index contributed by atoms with van der Waals surface area (Å²) in [6.07, 6.45) is -4.46. The Balaban J connectivity index is 0.00000169. The van der Waals surface area contributed by atoms with Crippen molar-refractivity contribution in [2.75, 3.05) is 12.3 Å². The maximum Gasteiger partial charge on any atom is 1.00 e. The van der Waals surface area contributed by atoms with Gasteiger partial charge in [0.1, 0.15) is 18.3 Å². The van der Waals surface area contributed by atoms with E-state index in [9.17, 15) is 29.4 Å². The number of phosphoric ester groups is 1. The summed E-state index contributed by atoms with van der Waals surface area (Å²) in [5.41, 5.74) is 4.77. The zero-order valence-electron chi connectivity index (χ0n) is 13.8. The van der Waals surface area contributed by atoms with Crippen LogP contribution in [0.2, 0.25) is 0 Å². The van der Waals surface area contributed by atoms with Gasteiger partial charge in [0.2, 0.25) is 5.95 Å². The van der Waals surface area contributed by atoms with Crippen molar-refractivity contribution in [3.05, 3.63) is 16.7 Å². The van der Waals surface area contributed by atoms with E-state index in [2.05, 4.69) is 19.5 Å². The minimum atomic E-state index is -5.26. The molecule has 26 heavy (non-hydrogen) atoms. The summed E-state index contributed by atoms with van der Waals surface area (Å²) in [6, 6.07) is 0. The van der Waals surface area contributed by atoms with Crippen molar-refractivity contribution in [3.8, 4) is 0 Å². The summed E-state index contributed by atoms with van der Waals surface area (Å²) >= 11 is 0. The van der Waals surface area contributed by atoms with Gasteiger partial charge in [0, 0.05) is 0 Å². The Bertz CT molecular complexity index is 871. The average Bonchev–Trinajstić information content (AvgIpc) is 3.00. The predicted molar refractivity (Wildman–Crippen MR) is 72.0 cm³/mol. The van der Waals surface area contributed by atoms with Crippen LogP contribution in [0.1, 0.15) is 6.23 Å². The predicted octanol–water partition coefficient (Wildman–Crippen LogP) is -9.83. The van der Waals surface area contributed by atoms with Crippen molar-refractivity contribution in [3.63, 3.8) is 0 Å². The number of aromatic nitrogens is 4. The van der Waals surface area contributed by atoms with E-state index in [0.29, 0.717) is 0 Å². The Kier molecular flexibility index (Phi) is 8.46. The first-order chi connectivity index (χ1) is 11.2. The number of H-pyrrole nitrogens is 1. The van der Waals surface area contributed by atoms with Crippen LogP contribution in [0, 0.1) is 0 Å². The van der Waals surface area contributed by atoms with Gasteiger partial charge in [0.05, 0.1) is 20.8 Å². The third kappa shape index (κ3) is 4.94. The fourth-order valence-electron chi connectivity index (χ4n) is 2.39. The van der Waals surface area contributed by atoms with E-state index < -0.39 is 44.5 Å². The number of aliphatic hydroxyl groups excluding tert-OH is 2. The van der Waals surface area contributed by atoms with Gasteiger partial charge in [-0.15, -0.1) is 0 Å². The Morgan fingerprint density at radius 1 is 1.38 bits per heavy atom. The van der Waals surface area contributed by atoms with Crippen LogP contribution in [0.3, 0.4) is 0 Å². The van der Waals surface area contributed by atoms with Gasteiger partial charge in [-0.05, 0) is 0 Å². The largest absolute Gasteiger partial charge is 1.00 e. The smallest absolute Gasteiger partial charge is 0.790 e. The average molecular weight is 407 g/mol. The second kappa shape index (κ2) is 9.09. The normalized spacial score (nSPS) is 25.7. The van der Waals surface area contributed by atoms with Crippen molar-refractivity contribution < 1.29 is 92.9 Å². The van der Waals surface area contributed by atoms with Gasteiger partial charge < -0.3 is 39.6 Å². The third-order valence-electron chi connectivity index (χ3n) is 3.46. The molecular formula is C10H12N5Na2O8P. The van der Waals surface area contributed by atoms with Gasteiger partial charge in [-0.3, -0.25) is 14.3 Å². The Hall–Kier alpha value is 0.140. The van der Waals surface area contributed by atoms with Crippen LogP contribution < -0.4 is 80.2 Å². The molecule has 132 valence electrons. The fourth-order valence-corrected chi connectivity index (χ4v) is 2.72. The topological polar surface area (TPSA) is 212 Å². The summed E-state index contributed by atoms with van der Waals surface area (Å²) in [5.74, 6) is -0.194. The van der Waals surface area contributed by atoms with Crippen molar-refractivity contribution >= 4 is 24.9 Å². The molecule has 0 bridgehead atoms. The standard InChI is InChI=1S/C10H14N5O8P.2Na/c11-10-13-7-4(8(18)14-10)12-2-15(7)9-6(17)5(16)3(23-9)1-22-24(19,20)21;;/h2-3,5-6,9,16-17H,1H2,(H2,19,20,21)(H3,11,13,14,18);;/q;2*+1/p-2/t3-,5?,6?,9-;;/m1../s1. The van der Waals surface area contributed by atoms with Crippen molar-refractivity contribution in [1.82, 2.24) is 19.5 Å². The van der Waals surface area contributed by atoms with Crippen LogP contribution in [-0.2, 0) is 13.8 Å². The van der Waals surface area contributed by atoms with E-state index in [0.717, 1.165) is 10.9 Å². The molecule has 1 saturated heterocycles. The summed E-state index contributed by atoms with van der Waals surface area (Å²) < 4.78 is 21.0. The maximum atomic E-state index is 11.7. The quantitative estimate of drug-likeness (QED) is 0.276. The third-order valence-corrected chi connectivity index (χ3v) is 3.92. The molecule has 3 heterocycles.